The molecule has 5 heteroatoms. The second-order valence-electron chi connectivity index (χ2n) is 6.98. The first-order valence-corrected chi connectivity index (χ1v) is 9.70. The lowest BCUT2D eigenvalue weighted by atomic mass is 9.78. The number of aliphatic hydroxyl groups excluding tert-OH is 1. The van der Waals surface area contributed by atoms with Crippen LogP contribution in [0.4, 0.5) is 0 Å². The Labute approximate surface area is 167 Å². The molecule has 2 aromatic carbocycles. The van der Waals surface area contributed by atoms with Crippen molar-refractivity contribution in [1.29, 1.82) is 0 Å². The molecule has 1 N–H and O–H groups in total. The van der Waals surface area contributed by atoms with E-state index in [9.17, 15) is 5.11 Å². The number of alkyl halides is 1. The molecule has 0 aromatic heterocycles. The summed E-state index contributed by atoms with van der Waals surface area (Å²) >= 11 is 5.67. The molecule has 0 saturated carbocycles. The third-order valence-electron chi connectivity index (χ3n) is 4.50. The van der Waals surface area contributed by atoms with Crippen molar-refractivity contribution >= 4 is 11.6 Å². The molecule has 0 saturated heterocycles. The van der Waals surface area contributed by atoms with Gasteiger partial charge < -0.3 is 19.3 Å². The SMILES string of the molecule is COCC(O)COc1ccc(C(C)(C)c2ccc(OCCCCl)cc2)cc1. The lowest BCUT2D eigenvalue weighted by Crippen LogP contribution is -2.22. The Morgan fingerprint density at radius 1 is 0.889 bits per heavy atom. The average molecular weight is 393 g/mol. The number of halogens is 1. The molecule has 4 nitrogen and oxygen atoms in total. The fraction of sp³-hybridized carbons (Fsp3) is 0.455. The number of aliphatic hydroxyl groups is 1. The van der Waals surface area contributed by atoms with Gasteiger partial charge in [-0.15, -0.1) is 11.6 Å². The van der Waals surface area contributed by atoms with Crippen LogP contribution in [0.2, 0.25) is 0 Å². The molecule has 0 fully saturated rings. The Kier molecular flexibility index (Phi) is 8.42. The summed E-state index contributed by atoms with van der Waals surface area (Å²) in [6, 6.07) is 16.2. The summed E-state index contributed by atoms with van der Waals surface area (Å²) in [6.45, 7) is 5.48. The highest BCUT2D eigenvalue weighted by Gasteiger charge is 2.23. The molecule has 0 bridgehead atoms. The van der Waals surface area contributed by atoms with Crippen LogP contribution in [0.1, 0.15) is 31.4 Å². The van der Waals surface area contributed by atoms with E-state index in [4.69, 9.17) is 25.8 Å². The lowest BCUT2D eigenvalue weighted by Gasteiger charge is -2.26. The second-order valence-corrected chi connectivity index (χ2v) is 7.36. The van der Waals surface area contributed by atoms with Crippen molar-refractivity contribution in [1.82, 2.24) is 0 Å². The van der Waals surface area contributed by atoms with E-state index in [0.717, 1.165) is 17.9 Å². The Bertz CT molecular complexity index is 668. The molecule has 2 aromatic rings. The van der Waals surface area contributed by atoms with E-state index < -0.39 is 6.10 Å². The third-order valence-corrected chi connectivity index (χ3v) is 4.77. The zero-order valence-corrected chi connectivity index (χ0v) is 17.0. The number of ether oxygens (including phenoxy) is 3. The highest BCUT2D eigenvalue weighted by molar-refractivity contribution is 6.17. The Balaban J connectivity index is 2.00. The predicted octanol–water partition coefficient (Wildman–Crippen LogP) is 4.41. The van der Waals surface area contributed by atoms with Gasteiger partial charge in [0.15, 0.2) is 0 Å². The maximum atomic E-state index is 9.67. The van der Waals surface area contributed by atoms with Gasteiger partial charge in [-0.2, -0.15) is 0 Å². The van der Waals surface area contributed by atoms with Gasteiger partial charge in [0, 0.05) is 18.4 Å². The molecule has 1 unspecified atom stereocenters. The highest BCUT2D eigenvalue weighted by atomic mass is 35.5. The Morgan fingerprint density at radius 2 is 1.41 bits per heavy atom. The van der Waals surface area contributed by atoms with E-state index in [1.807, 2.05) is 24.3 Å². The van der Waals surface area contributed by atoms with Crippen LogP contribution in [-0.4, -0.2) is 44.0 Å². The van der Waals surface area contributed by atoms with Crippen molar-refractivity contribution in [3.05, 3.63) is 59.7 Å². The average Bonchev–Trinajstić information content (AvgIpc) is 2.67. The van der Waals surface area contributed by atoms with Gasteiger partial charge in [-0.25, -0.2) is 0 Å². The molecule has 0 aliphatic heterocycles. The smallest absolute Gasteiger partial charge is 0.119 e. The topological polar surface area (TPSA) is 47.9 Å². The quantitative estimate of drug-likeness (QED) is 0.454. The van der Waals surface area contributed by atoms with Crippen LogP contribution in [0.15, 0.2) is 48.5 Å². The molecule has 148 valence electrons. The molecular weight excluding hydrogens is 364 g/mol. The van der Waals surface area contributed by atoms with Crippen molar-refractivity contribution in [2.45, 2.75) is 31.8 Å². The number of rotatable bonds is 11. The molecule has 0 aliphatic rings. The van der Waals surface area contributed by atoms with Crippen molar-refractivity contribution in [2.75, 3.05) is 32.8 Å². The largest absolute Gasteiger partial charge is 0.494 e. The van der Waals surface area contributed by atoms with Gasteiger partial charge in [0.05, 0.1) is 13.2 Å². The first-order chi connectivity index (χ1) is 13.0. The van der Waals surface area contributed by atoms with Gasteiger partial charge in [0.25, 0.3) is 0 Å². The van der Waals surface area contributed by atoms with Crippen LogP contribution in [0, 0.1) is 0 Å². The molecule has 0 aliphatic carbocycles. The standard InChI is InChI=1S/C22H29ClO4/c1-22(2,17-5-9-20(10-6-17)26-14-4-13-23)18-7-11-21(12-8-18)27-16-19(24)15-25-3/h5-12,19,24H,4,13-16H2,1-3H3. The van der Waals surface area contributed by atoms with Gasteiger partial charge in [-0.1, -0.05) is 38.1 Å². The molecule has 27 heavy (non-hydrogen) atoms. The van der Waals surface area contributed by atoms with Crippen molar-refractivity contribution < 1.29 is 19.3 Å². The molecule has 0 radical (unpaired) electrons. The maximum absolute atomic E-state index is 9.67. The molecule has 0 heterocycles. The zero-order chi connectivity index (χ0) is 19.7. The minimum atomic E-state index is -0.628. The lowest BCUT2D eigenvalue weighted by molar-refractivity contribution is 0.0325. The molecule has 0 spiro atoms. The van der Waals surface area contributed by atoms with Gasteiger partial charge in [0.1, 0.15) is 24.2 Å². The summed E-state index contributed by atoms with van der Waals surface area (Å²) in [5.41, 5.74) is 2.24. The highest BCUT2D eigenvalue weighted by Crippen LogP contribution is 2.33. The summed E-state index contributed by atoms with van der Waals surface area (Å²) in [7, 11) is 1.55. The normalized spacial score (nSPS) is 12.6. The second kappa shape index (κ2) is 10.5. The van der Waals surface area contributed by atoms with Crippen molar-refractivity contribution in [3.8, 4) is 11.5 Å². The Morgan fingerprint density at radius 3 is 1.89 bits per heavy atom. The minimum absolute atomic E-state index is 0.150. The van der Waals surface area contributed by atoms with Crippen molar-refractivity contribution in [3.63, 3.8) is 0 Å². The summed E-state index contributed by atoms with van der Waals surface area (Å²) < 4.78 is 16.2. The minimum Gasteiger partial charge on any atom is -0.494 e. The van der Waals surface area contributed by atoms with E-state index in [2.05, 4.69) is 38.1 Å². The third kappa shape index (κ3) is 6.42. The van der Waals surface area contributed by atoms with Crippen LogP contribution in [0.25, 0.3) is 0 Å². The fourth-order valence-corrected chi connectivity index (χ4v) is 2.89. The van der Waals surface area contributed by atoms with Crippen LogP contribution < -0.4 is 9.47 Å². The monoisotopic (exact) mass is 392 g/mol. The fourth-order valence-electron chi connectivity index (χ4n) is 2.78. The van der Waals surface area contributed by atoms with E-state index in [-0.39, 0.29) is 18.6 Å². The number of hydrogen-bond acceptors (Lipinski definition) is 4. The summed E-state index contributed by atoms with van der Waals surface area (Å²) in [5, 5.41) is 9.67. The van der Waals surface area contributed by atoms with Crippen molar-refractivity contribution in [2.24, 2.45) is 0 Å². The van der Waals surface area contributed by atoms with Crippen LogP contribution in [-0.2, 0) is 10.2 Å². The molecule has 0 amide bonds. The molecule has 2 rings (SSSR count). The summed E-state index contributed by atoms with van der Waals surface area (Å²) in [5.74, 6) is 2.20. The van der Waals surface area contributed by atoms with E-state index in [1.165, 1.54) is 11.1 Å². The summed E-state index contributed by atoms with van der Waals surface area (Å²) in [6.07, 6.45) is 0.211. The molecular formula is C22H29ClO4. The first-order valence-electron chi connectivity index (χ1n) is 9.17. The Hall–Kier alpha value is -1.75. The predicted molar refractivity (Wildman–Crippen MR) is 109 cm³/mol. The zero-order valence-electron chi connectivity index (χ0n) is 16.3. The maximum Gasteiger partial charge on any atom is 0.119 e. The number of benzene rings is 2. The van der Waals surface area contributed by atoms with Gasteiger partial charge >= 0.3 is 0 Å². The van der Waals surface area contributed by atoms with E-state index in [1.54, 1.807) is 7.11 Å². The van der Waals surface area contributed by atoms with E-state index in [0.29, 0.717) is 12.5 Å². The molecule has 1 atom stereocenters. The van der Waals surface area contributed by atoms with Gasteiger partial charge in [0.2, 0.25) is 0 Å². The van der Waals surface area contributed by atoms with Gasteiger partial charge in [-0.3, -0.25) is 0 Å². The number of hydrogen-bond donors (Lipinski definition) is 1. The first kappa shape index (κ1) is 21.5. The summed E-state index contributed by atoms with van der Waals surface area (Å²) in [4.78, 5) is 0. The van der Waals surface area contributed by atoms with E-state index >= 15 is 0 Å². The number of methoxy groups -OCH3 is 1. The van der Waals surface area contributed by atoms with Crippen LogP contribution >= 0.6 is 11.6 Å². The van der Waals surface area contributed by atoms with Crippen LogP contribution in [0.5, 0.6) is 11.5 Å². The van der Waals surface area contributed by atoms with Crippen LogP contribution in [0.3, 0.4) is 0 Å². The van der Waals surface area contributed by atoms with Gasteiger partial charge in [-0.05, 0) is 41.8 Å².